The number of benzene rings is 2. The number of hydrogen-bond donors (Lipinski definition) is 0. The van der Waals surface area contributed by atoms with Crippen molar-refractivity contribution in [3.05, 3.63) is 99.1 Å². The molecule has 1 atom stereocenters. The van der Waals surface area contributed by atoms with E-state index >= 15 is 0 Å². The van der Waals surface area contributed by atoms with Crippen molar-refractivity contribution in [2.75, 3.05) is 6.61 Å². The maximum absolute atomic E-state index is 13.5. The van der Waals surface area contributed by atoms with Crippen LogP contribution in [-0.2, 0) is 9.53 Å². The van der Waals surface area contributed by atoms with E-state index in [2.05, 4.69) is 20.9 Å². The van der Waals surface area contributed by atoms with Gasteiger partial charge < -0.3 is 4.74 Å². The summed E-state index contributed by atoms with van der Waals surface area (Å²) in [7, 11) is 0. The second-order valence-corrected chi connectivity index (χ2v) is 9.71. The normalized spacial score (nSPS) is 16.0. The molecule has 0 bridgehead atoms. The summed E-state index contributed by atoms with van der Waals surface area (Å²) < 4.78 is 8.11. The van der Waals surface area contributed by atoms with Gasteiger partial charge in [-0.15, -0.1) is 0 Å². The number of nitrogens with zero attached hydrogens (tertiary/aromatic N) is 2. The average molecular weight is 552 g/mol. The molecular formula is C23H17BrCl2N2O3S. The number of thiazole rings is 1. The van der Waals surface area contributed by atoms with Gasteiger partial charge in [-0.2, -0.15) is 0 Å². The highest BCUT2D eigenvalue weighted by molar-refractivity contribution is 9.10. The first-order chi connectivity index (χ1) is 15.3. The highest BCUT2D eigenvalue weighted by Gasteiger charge is 2.33. The summed E-state index contributed by atoms with van der Waals surface area (Å²) in [5.74, 6) is -0.495. The Morgan fingerprint density at radius 2 is 2.03 bits per heavy atom. The minimum Gasteiger partial charge on any atom is -0.463 e. The number of halogens is 3. The van der Waals surface area contributed by atoms with Crippen molar-refractivity contribution in [3.8, 4) is 0 Å². The van der Waals surface area contributed by atoms with Crippen LogP contribution in [-0.4, -0.2) is 17.1 Å². The Labute approximate surface area is 206 Å². The highest BCUT2D eigenvalue weighted by Crippen LogP contribution is 2.32. The molecule has 9 heteroatoms. The quantitative estimate of drug-likeness (QED) is 0.435. The van der Waals surface area contributed by atoms with E-state index in [9.17, 15) is 9.59 Å². The number of carbonyl (C=O) groups excluding carboxylic acids is 1. The van der Waals surface area contributed by atoms with Gasteiger partial charge in [0.1, 0.15) is 0 Å². The molecule has 2 heterocycles. The van der Waals surface area contributed by atoms with Crippen molar-refractivity contribution in [3.63, 3.8) is 0 Å². The van der Waals surface area contributed by atoms with E-state index in [1.165, 1.54) is 15.9 Å². The summed E-state index contributed by atoms with van der Waals surface area (Å²) >= 11 is 17.2. The smallest absolute Gasteiger partial charge is 0.338 e. The number of rotatable bonds is 4. The third-order valence-electron chi connectivity index (χ3n) is 4.95. The van der Waals surface area contributed by atoms with Crippen molar-refractivity contribution >= 4 is 62.5 Å². The summed E-state index contributed by atoms with van der Waals surface area (Å²) in [4.78, 5) is 31.5. The zero-order valence-electron chi connectivity index (χ0n) is 17.1. The Morgan fingerprint density at radius 3 is 2.75 bits per heavy atom. The van der Waals surface area contributed by atoms with Gasteiger partial charge in [-0.05, 0) is 49.2 Å². The number of fused-ring (bicyclic) bond motifs is 1. The molecule has 0 amide bonds. The van der Waals surface area contributed by atoms with Crippen LogP contribution in [0.2, 0.25) is 10.0 Å². The van der Waals surface area contributed by atoms with Crippen LogP contribution in [0.1, 0.15) is 31.0 Å². The van der Waals surface area contributed by atoms with Gasteiger partial charge in [-0.1, -0.05) is 74.7 Å². The number of esters is 1. The predicted octanol–water partition coefficient (Wildman–Crippen LogP) is 4.87. The Morgan fingerprint density at radius 1 is 1.28 bits per heavy atom. The molecule has 5 nitrogen and oxygen atoms in total. The first-order valence-corrected chi connectivity index (χ1v) is 12.1. The molecule has 1 aliphatic rings. The standard InChI is InChI=1S/C23H17BrCl2N2O3S/c1-3-31-22(30)18-12(2)27-23-28(20(18)14-7-4-8-15(24)10-14)21(29)17(32-23)11-13-6-5-9-16(25)19(13)26/h4-11,20H,3H2,1-2H3/b17-11-/t20-/m0/s1. The van der Waals surface area contributed by atoms with Crippen LogP contribution in [0.3, 0.4) is 0 Å². The van der Waals surface area contributed by atoms with E-state index in [0.29, 0.717) is 36.2 Å². The van der Waals surface area contributed by atoms with Gasteiger partial charge in [0, 0.05) is 4.47 Å². The molecule has 2 aromatic carbocycles. The first kappa shape index (κ1) is 23.0. The van der Waals surface area contributed by atoms with Crippen molar-refractivity contribution in [2.24, 2.45) is 4.99 Å². The van der Waals surface area contributed by atoms with Crippen LogP contribution < -0.4 is 14.9 Å². The second-order valence-electron chi connectivity index (χ2n) is 7.00. The van der Waals surface area contributed by atoms with Crippen molar-refractivity contribution in [1.82, 2.24) is 4.57 Å². The fraction of sp³-hybridized carbons (Fsp3) is 0.174. The largest absolute Gasteiger partial charge is 0.463 e. The monoisotopic (exact) mass is 550 g/mol. The molecule has 0 radical (unpaired) electrons. The molecule has 1 aromatic heterocycles. The number of hydrogen-bond acceptors (Lipinski definition) is 5. The lowest BCUT2D eigenvalue weighted by Crippen LogP contribution is -2.39. The molecule has 164 valence electrons. The van der Waals surface area contributed by atoms with Gasteiger partial charge in [0.25, 0.3) is 5.56 Å². The minimum atomic E-state index is -0.667. The van der Waals surface area contributed by atoms with E-state index < -0.39 is 12.0 Å². The van der Waals surface area contributed by atoms with Gasteiger partial charge in [0.05, 0.1) is 38.5 Å². The van der Waals surface area contributed by atoms with Crippen LogP contribution >= 0.6 is 50.5 Å². The Hall–Kier alpha value is -2.19. The van der Waals surface area contributed by atoms with Crippen LogP contribution in [0.4, 0.5) is 0 Å². The second kappa shape index (κ2) is 9.35. The molecular weight excluding hydrogens is 535 g/mol. The Balaban J connectivity index is 1.99. The third-order valence-corrected chi connectivity index (χ3v) is 7.26. The topological polar surface area (TPSA) is 60.7 Å². The lowest BCUT2D eigenvalue weighted by atomic mass is 9.96. The molecule has 3 aromatic rings. The van der Waals surface area contributed by atoms with E-state index in [1.807, 2.05) is 24.3 Å². The fourth-order valence-corrected chi connectivity index (χ4v) is 5.37. The number of aromatic nitrogens is 1. The van der Waals surface area contributed by atoms with Crippen molar-refractivity contribution in [2.45, 2.75) is 19.9 Å². The van der Waals surface area contributed by atoms with E-state index in [1.54, 1.807) is 38.1 Å². The SMILES string of the molecule is CCOC(=O)C1=C(C)N=c2s/c(=C\c3cccc(Cl)c3Cl)c(=O)n2[C@H]1c1cccc(Br)c1. The summed E-state index contributed by atoms with van der Waals surface area (Å²) in [5.41, 5.74) is 1.98. The number of carbonyl (C=O) groups is 1. The van der Waals surface area contributed by atoms with E-state index in [4.69, 9.17) is 27.9 Å². The molecule has 0 spiro atoms. The van der Waals surface area contributed by atoms with Crippen LogP contribution in [0, 0.1) is 0 Å². The van der Waals surface area contributed by atoms with Crippen LogP contribution in [0.15, 0.2) is 68.0 Å². The third kappa shape index (κ3) is 4.22. The van der Waals surface area contributed by atoms with Gasteiger partial charge in [-0.3, -0.25) is 9.36 Å². The molecule has 0 unspecified atom stereocenters. The fourth-order valence-electron chi connectivity index (χ4n) is 3.56. The predicted molar refractivity (Wildman–Crippen MR) is 131 cm³/mol. The first-order valence-electron chi connectivity index (χ1n) is 9.71. The molecule has 0 aliphatic carbocycles. The van der Waals surface area contributed by atoms with Gasteiger partial charge in [0.15, 0.2) is 4.80 Å². The molecule has 1 aliphatic heterocycles. The average Bonchev–Trinajstić information content (AvgIpc) is 3.05. The zero-order chi connectivity index (χ0) is 23.0. The minimum absolute atomic E-state index is 0.221. The van der Waals surface area contributed by atoms with Crippen LogP contribution in [0.5, 0.6) is 0 Å². The lowest BCUT2D eigenvalue weighted by molar-refractivity contribution is -0.139. The van der Waals surface area contributed by atoms with Gasteiger partial charge in [-0.25, -0.2) is 9.79 Å². The molecule has 0 saturated heterocycles. The van der Waals surface area contributed by atoms with Crippen LogP contribution in [0.25, 0.3) is 6.08 Å². The molecule has 0 saturated carbocycles. The van der Waals surface area contributed by atoms with E-state index in [0.717, 1.165) is 10.0 Å². The molecule has 0 N–H and O–H groups in total. The zero-order valence-corrected chi connectivity index (χ0v) is 21.0. The van der Waals surface area contributed by atoms with Crippen molar-refractivity contribution < 1.29 is 9.53 Å². The highest BCUT2D eigenvalue weighted by atomic mass is 79.9. The Kier molecular flexibility index (Phi) is 6.72. The summed E-state index contributed by atoms with van der Waals surface area (Å²) in [6, 6.07) is 12.1. The van der Waals surface area contributed by atoms with Gasteiger partial charge >= 0.3 is 5.97 Å². The molecule has 0 fully saturated rings. The summed E-state index contributed by atoms with van der Waals surface area (Å²) in [5, 5.41) is 0.771. The maximum Gasteiger partial charge on any atom is 0.338 e. The van der Waals surface area contributed by atoms with Crippen molar-refractivity contribution in [1.29, 1.82) is 0 Å². The molecule has 4 rings (SSSR count). The number of ether oxygens (including phenoxy) is 1. The lowest BCUT2D eigenvalue weighted by Gasteiger charge is -2.24. The number of allylic oxidation sites excluding steroid dienone is 1. The Bertz CT molecular complexity index is 1440. The molecule has 32 heavy (non-hydrogen) atoms. The summed E-state index contributed by atoms with van der Waals surface area (Å²) in [6.07, 6.45) is 1.69. The van der Waals surface area contributed by atoms with E-state index in [-0.39, 0.29) is 12.2 Å². The summed E-state index contributed by atoms with van der Waals surface area (Å²) in [6.45, 7) is 3.71. The van der Waals surface area contributed by atoms with Gasteiger partial charge in [0.2, 0.25) is 0 Å². The maximum atomic E-state index is 13.5.